The third-order valence-corrected chi connectivity index (χ3v) is 3.58. The lowest BCUT2D eigenvalue weighted by molar-refractivity contribution is -0.130. The molecule has 1 aliphatic heterocycles. The molecule has 1 heterocycles. The number of carbonyl (C=O) groups excluding carboxylic acids is 2. The van der Waals surface area contributed by atoms with Gasteiger partial charge in [0.05, 0.1) is 6.54 Å². The first-order valence-corrected chi connectivity index (χ1v) is 6.92. The number of rotatable bonds is 3. The van der Waals surface area contributed by atoms with Crippen LogP contribution in [-0.4, -0.2) is 49.4 Å². The molecule has 5 nitrogen and oxygen atoms in total. The third-order valence-electron chi connectivity index (χ3n) is 3.58. The molecular formula is C15H21N3O2. The fourth-order valence-electron chi connectivity index (χ4n) is 2.44. The maximum absolute atomic E-state index is 12.2. The number of benzene rings is 1. The number of amides is 2. The Bertz CT molecular complexity index is 488. The largest absolute Gasteiger partial charge is 0.343 e. The summed E-state index contributed by atoms with van der Waals surface area (Å²) in [5.74, 6) is -0.199. The van der Waals surface area contributed by atoms with Crippen molar-refractivity contribution in [2.24, 2.45) is 0 Å². The molecule has 0 aromatic heterocycles. The first-order valence-electron chi connectivity index (χ1n) is 6.92. The number of aryl methyl sites for hydroxylation is 2. The van der Waals surface area contributed by atoms with Gasteiger partial charge in [-0.2, -0.15) is 0 Å². The van der Waals surface area contributed by atoms with Crippen LogP contribution in [0.3, 0.4) is 0 Å². The molecule has 0 radical (unpaired) electrons. The monoisotopic (exact) mass is 275 g/mol. The van der Waals surface area contributed by atoms with E-state index in [2.05, 4.69) is 10.6 Å². The van der Waals surface area contributed by atoms with E-state index in [9.17, 15) is 9.59 Å². The van der Waals surface area contributed by atoms with Crippen LogP contribution < -0.4 is 10.6 Å². The Balaban J connectivity index is 1.93. The van der Waals surface area contributed by atoms with E-state index >= 15 is 0 Å². The van der Waals surface area contributed by atoms with E-state index < -0.39 is 0 Å². The van der Waals surface area contributed by atoms with Gasteiger partial charge in [0.25, 0.3) is 5.91 Å². The molecule has 2 amide bonds. The second-order valence-corrected chi connectivity index (χ2v) is 5.08. The van der Waals surface area contributed by atoms with E-state index in [-0.39, 0.29) is 18.4 Å². The molecule has 1 aromatic rings. The second-order valence-electron chi connectivity index (χ2n) is 5.08. The molecule has 2 N–H and O–H groups in total. The zero-order valence-corrected chi connectivity index (χ0v) is 12.0. The summed E-state index contributed by atoms with van der Waals surface area (Å²) in [6.45, 7) is 6.91. The van der Waals surface area contributed by atoms with Crippen LogP contribution in [0.5, 0.6) is 0 Å². The minimum atomic E-state index is -0.177. The van der Waals surface area contributed by atoms with Gasteiger partial charge in [-0.1, -0.05) is 18.2 Å². The highest BCUT2D eigenvalue weighted by molar-refractivity contribution is 5.98. The molecule has 5 heteroatoms. The van der Waals surface area contributed by atoms with Crippen molar-refractivity contribution in [3.63, 3.8) is 0 Å². The average Bonchev–Trinajstić information content (AvgIpc) is 2.45. The Hall–Kier alpha value is -1.88. The van der Waals surface area contributed by atoms with E-state index in [0.29, 0.717) is 18.7 Å². The van der Waals surface area contributed by atoms with Gasteiger partial charge >= 0.3 is 0 Å². The molecule has 1 saturated heterocycles. The van der Waals surface area contributed by atoms with Crippen molar-refractivity contribution in [2.75, 3.05) is 32.7 Å². The summed E-state index contributed by atoms with van der Waals surface area (Å²) in [6, 6.07) is 5.73. The fraction of sp³-hybridized carbons (Fsp3) is 0.467. The van der Waals surface area contributed by atoms with Crippen LogP contribution in [0.25, 0.3) is 0 Å². The number of hydrogen-bond acceptors (Lipinski definition) is 3. The van der Waals surface area contributed by atoms with E-state index in [1.165, 1.54) is 0 Å². The van der Waals surface area contributed by atoms with Crippen molar-refractivity contribution < 1.29 is 9.59 Å². The zero-order valence-electron chi connectivity index (χ0n) is 12.0. The van der Waals surface area contributed by atoms with Crippen LogP contribution in [0.15, 0.2) is 18.2 Å². The average molecular weight is 275 g/mol. The maximum Gasteiger partial charge on any atom is 0.252 e. The molecule has 108 valence electrons. The number of hydrogen-bond donors (Lipinski definition) is 2. The molecule has 0 atom stereocenters. The quantitative estimate of drug-likeness (QED) is 0.843. The minimum absolute atomic E-state index is 0.0221. The van der Waals surface area contributed by atoms with Gasteiger partial charge < -0.3 is 15.5 Å². The van der Waals surface area contributed by atoms with Gasteiger partial charge in [0.1, 0.15) is 0 Å². The Kier molecular flexibility index (Phi) is 4.74. The smallest absolute Gasteiger partial charge is 0.252 e. The van der Waals surface area contributed by atoms with Crippen LogP contribution in [0, 0.1) is 13.8 Å². The fourth-order valence-corrected chi connectivity index (χ4v) is 2.44. The van der Waals surface area contributed by atoms with Crippen molar-refractivity contribution >= 4 is 11.8 Å². The Labute approximate surface area is 119 Å². The van der Waals surface area contributed by atoms with Crippen LogP contribution in [0.1, 0.15) is 21.5 Å². The molecular weight excluding hydrogens is 254 g/mol. The van der Waals surface area contributed by atoms with Crippen LogP contribution in [0.2, 0.25) is 0 Å². The number of piperazine rings is 1. The topological polar surface area (TPSA) is 61.4 Å². The number of nitrogens with zero attached hydrogens (tertiary/aromatic N) is 1. The van der Waals surface area contributed by atoms with Crippen molar-refractivity contribution in [1.29, 1.82) is 0 Å². The summed E-state index contributed by atoms with van der Waals surface area (Å²) >= 11 is 0. The van der Waals surface area contributed by atoms with Gasteiger partial charge in [0.2, 0.25) is 5.91 Å². The first kappa shape index (κ1) is 14.5. The lowest BCUT2D eigenvalue weighted by atomic mass is 10.0. The highest BCUT2D eigenvalue weighted by Crippen LogP contribution is 2.12. The maximum atomic E-state index is 12.2. The predicted molar refractivity (Wildman–Crippen MR) is 77.7 cm³/mol. The molecule has 1 fully saturated rings. The molecule has 0 bridgehead atoms. The predicted octanol–water partition coefficient (Wildman–Crippen LogP) is 0.465. The number of carbonyl (C=O) groups is 2. The lowest BCUT2D eigenvalue weighted by Gasteiger charge is -2.27. The second kappa shape index (κ2) is 6.52. The van der Waals surface area contributed by atoms with Gasteiger partial charge in [-0.25, -0.2) is 0 Å². The van der Waals surface area contributed by atoms with Crippen LogP contribution in [0.4, 0.5) is 0 Å². The lowest BCUT2D eigenvalue weighted by Crippen LogP contribution is -2.49. The number of nitrogens with one attached hydrogen (secondary N) is 2. The Morgan fingerprint density at radius 3 is 2.40 bits per heavy atom. The molecule has 0 unspecified atom stereocenters. The van der Waals surface area contributed by atoms with E-state index in [0.717, 1.165) is 24.2 Å². The van der Waals surface area contributed by atoms with Crippen molar-refractivity contribution in [1.82, 2.24) is 15.5 Å². The van der Waals surface area contributed by atoms with Crippen molar-refractivity contribution in [2.45, 2.75) is 13.8 Å². The molecule has 1 aliphatic rings. The summed E-state index contributed by atoms with van der Waals surface area (Å²) in [6.07, 6.45) is 0. The molecule has 2 rings (SSSR count). The third kappa shape index (κ3) is 3.36. The van der Waals surface area contributed by atoms with Gasteiger partial charge in [-0.3, -0.25) is 9.59 Å². The van der Waals surface area contributed by atoms with Gasteiger partial charge in [0, 0.05) is 31.7 Å². The standard InChI is InChI=1S/C15H21N3O2/c1-11-4-3-5-12(2)14(11)15(20)17-10-13(19)18-8-6-16-7-9-18/h3-5,16H,6-10H2,1-2H3,(H,17,20). The van der Waals surface area contributed by atoms with Crippen molar-refractivity contribution in [3.05, 3.63) is 34.9 Å². The Morgan fingerprint density at radius 1 is 1.20 bits per heavy atom. The summed E-state index contributed by atoms with van der Waals surface area (Å²) in [5.41, 5.74) is 2.52. The summed E-state index contributed by atoms with van der Waals surface area (Å²) in [4.78, 5) is 25.9. The van der Waals surface area contributed by atoms with Crippen molar-refractivity contribution in [3.8, 4) is 0 Å². The van der Waals surface area contributed by atoms with E-state index in [1.807, 2.05) is 32.0 Å². The molecule has 0 spiro atoms. The summed E-state index contributed by atoms with van der Waals surface area (Å²) in [5, 5.41) is 5.92. The van der Waals surface area contributed by atoms with Crippen LogP contribution in [-0.2, 0) is 4.79 Å². The van der Waals surface area contributed by atoms with Gasteiger partial charge in [0.15, 0.2) is 0 Å². The van der Waals surface area contributed by atoms with Gasteiger partial charge in [-0.15, -0.1) is 0 Å². The Morgan fingerprint density at radius 2 is 1.80 bits per heavy atom. The minimum Gasteiger partial charge on any atom is -0.343 e. The highest BCUT2D eigenvalue weighted by atomic mass is 16.2. The zero-order chi connectivity index (χ0) is 14.5. The first-order chi connectivity index (χ1) is 9.59. The summed E-state index contributed by atoms with van der Waals surface area (Å²) < 4.78 is 0. The van der Waals surface area contributed by atoms with Gasteiger partial charge in [-0.05, 0) is 25.0 Å². The van der Waals surface area contributed by atoms with Crippen LogP contribution >= 0.6 is 0 Å². The van der Waals surface area contributed by atoms with E-state index in [4.69, 9.17) is 0 Å². The summed E-state index contributed by atoms with van der Waals surface area (Å²) in [7, 11) is 0. The molecule has 20 heavy (non-hydrogen) atoms. The highest BCUT2D eigenvalue weighted by Gasteiger charge is 2.18. The molecule has 0 aliphatic carbocycles. The molecule has 0 saturated carbocycles. The molecule has 1 aromatic carbocycles. The normalized spacial score (nSPS) is 15.0. The SMILES string of the molecule is Cc1cccc(C)c1C(=O)NCC(=O)N1CCNCC1. The van der Waals surface area contributed by atoms with E-state index in [1.54, 1.807) is 4.90 Å².